The topological polar surface area (TPSA) is 121 Å². The van der Waals surface area contributed by atoms with Crippen molar-refractivity contribution in [3.63, 3.8) is 0 Å². The number of aliphatic hydroxyl groups excluding tert-OH is 1. The normalized spacial score (nSPS) is 22.2. The highest BCUT2D eigenvalue weighted by Gasteiger charge is 2.35. The summed E-state index contributed by atoms with van der Waals surface area (Å²) in [7, 11) is 1.57. The zero-order valence-corrected chi connectivity index (χ0v) is 19.0. The maximum Gasteiger partial charge on any atom is 0.326 e. The molecule has 0 aromatic heterocycles. The number of carbonyl (C=O) groups excluding carboxylic acids is 3. The maximum atomic E-state index is 12.0. The first-order chi connectivity index (χ1) is 15.6. The number of allylic oxidation sites excluding steroid dienone is 2. The van der Waals surface area contributed by atoms with Gasteiger partial charge in [0.2, 0.25) is 0 Å². The molecule has 176 valence electrons. The molecular formula is C25H29NO7. The van der Waals surface area contributed by atoms with Gasteiger partial charge in [-0.1, -0.05) is 56.2 Å². The predicted octanol–water partition coefficient (Wildman–Crippen LogP) is 3.44. The highest BCUT2D eigenvalue weighted by Crippen LogP contribution is 2.29. The standard InChI is InChI=1S/C15H16O3.C10H13NO4/c1-15(18-2)9-8-12(13(16)10-15)14(17)11-6-4-3-5-7-11;1-2-3-4-7(10(14)15)11-8(12)5-6-9(11)13/h3-9,17H,10H2,1-2H3;5-7H,2-4H2,1H3,(H,14,15). The lowest BCUT2D eigenvalue weighted by Crippen LogP contribution is -2.44. The number of hydrogen-bond acceptors (Lipinski definition) is 6. The first-order valence-electron chi connectivity index (χ1n) is 10.7. The number of aliphatic hydroxyl groups is 1. The molecule has 1 aromatic carbocycles. The summed E-state index contributed by atoms with van der Waals surface area (Å²) in [6, 6.07) is 8.02. The van der Waals surface area contributed by atoms with Crippen LogP contribution in [0.4, 0.5) is 0 Å². The van der Waals surface area contributed by atoms with Gasteiger partial charge < -0.3 is 14.9 Å². The second-order valence-corrected chi connectivity index (χ2v) is 7.95. The van der Waals surface area contributed by atoms with E-state index in [4.69, 9.17) is 9.84 Å². The zero-order chi connectivity index (χ0) is 24.6. The fourth-order valence-corrected chi connectivity index (χ4v) is 3.41. The number of carboxylic acids is 1. The van der Waals surface area contributed by atoms with Crippen LogP contribution in [0.1, 0.15) is 45.1 Å². The number of amides is 2. The summed E-state index contributed by atoms with van der Waals surface area (Å²) in [5.41, 5.74) is 0.416. The molecule has 0 radical (unpaired) electrons. The number of carboxylic acid groups (broad SMARTS) is 1. The van der Waals surface area contributed by atoms with E-state index in [1.807, 2.05) is 38.1 Å². The van der Waals surface area contributed by atoms with Crippen molar-refractivity contribution < 1.29 is 34.1 Å². The van der Waals surface area contributed by atoms with E-state index in [1.54, 1.807) is 25.3 Å². The van der Waals surface area contributed by atoms with Gasteiger partial charge >= 0.3 is 5.97 Å². The smallest absolute Gasteiger partial charge is 0.326 e. The Kier molecular flexibility index (Phi) is 8.87. The Morgan fingerprint density at radius 2 is 1.70 bits per heavy atom. The second-order valence-electron chi connectivity index (χ2n) is 7.95. The highest BCUT2D eigenvalue weighted by atomic mass is 16.5. The number of carbonyl (C=O) groups is 4. The molecular weight excluding hydrogens is 426 g/mol. The number of methoxy groups -OCH3 is 1. The largest absolute Gasteiger partial charge is 0.507 e. The number of hydrogen-bond donors (Lipinski definition) is 2. The highest BCUT2D eigenvalue weighted by molar-refractivity contribution is 6.14. The van der Waals surface area contributed by atoms with Crippen LogP contribution in [-0.2, 0) is 23.9 Å². The van der Waals surface area contributed by atoms with Gasteiger partial charge in [-0.05, 0) is 19.4 Å². The van der Waals surface area contributed by atoms with Crippen LogP contribution in [0.5, 0.6) is 0 Å². The molecule has 1 aliphatic heterocycles. The van der Waals surface area contributed by atoms with Crippen LogP contribution in [0.15, 0.2) is 60.2 Å². The summed E-state index contributed by atoms with van der Waals surface area (Å²) in [6.07, 6.45) is 7.70. The van der Waals surface area contributed by atoms with Crippen molar-refractivity contribution in [3.05, 3.63) is 65.8 Å². The number of aliphatic carboxylic acids is 1. The molecule has 1 aliphatic carbocycles. The van der Waals surface area contributed by atoms with E-state index >= 15 is 0 Å². The van der Waals surface area contributed by atoms with Gasteiger partial charge in [-0.2, -0.15) is 0 Å². The van der Waals surface area contributed by atoms with Crippen LogP contribution in [0.2, 0.25) is 0 Å². The predicted molar refractivity (Wildman–Crippen MR) is 122 cm³/mol. The molecule has 2 amide bonds. The fourth-order valence-electron chi connectivity index (χ4n) is 3.41. The van der Waals surface area contributed by atoms with Crippen molar-refractivity contribution in [2.24, 2.45) is 0 Å². The van der Waals surface area contributed by atoms with Gasteiger partial charge in [-0.25, -0.2) is 4.79 Å². The first-order valence-corrected chi connectivity index (χ1v) is 10.7. The van der Waals surface area contributed by atoms with E-state index in [1.165, 1.54) is 0 Å². The minimum absolute atomic E-state index is 0.0232. The SMILES string of the molecule is CCCCC(C(=O)O)N1C(=O)C=CC1=O.COC1(C)C=CC(=C(O)c2ccccc2)C(=O)C1. The number of unbranched alkanes of at least 4 members (excludes halogenated alkanes) is 1. The second kappa shape index (κ2) is 11.4. The molecule has 0 spiro atoms. The third-order valence-corrected chi connectivity index (χ3v) is 5.45. The molecule has 2 atom stereocenters. The number of Topliss-reactive ketones (excluding diaryl/α,β-unsaturated/α-hetero) is 1. The average Bonchev–Trinajstić information content (AvgIpc) is 3.13. The van der Waals surface area contributed by atoms with Gasteiger partial charge in [0.25, 0.3) is 11.8 Å². The Balaban J connectivity index is 0.000000238. The third-order valence-electron chi connectivity index (χ3n) is 5.45. The molecule has 0 saturated carbocycles. The lowest BCUT2D eigenvalue weighted by molar-refractivity contribution is -0.153. The molecule has 3 rings (SSSR count). The van der Waals surface area contributed by atoms with Gasteiger partial charge in [0.15, 0.2) is 5.78 Å². The van der Waals surface area contributed by atoms with Gasteiger partial charge in [0, 0.05) is 31.2 Å². The van der Waals surface area contributed by atoms with Crippen molar-refractivity contribution in [1.29, 1.82) is 0 Å². The molecule has 8 nitrogen and oxygen atoms in total. The van der Waals surface area contributed by atoms with Crippen LogP contribution in [0.25, 0.3) is 5.76 Å². The molecule has 2 unspecified atom stereocenters. The summed E-state index contributed by atoms with van der Waals surface area (Å²) in [5, 5.41) is 19.0. The van der Waals surface area contributed by atoms with Gasteiger partial charge in [0.1, 0.15) is 11.8 Å². The van der Waals surface area contributed by atoms with E-state index < -0.39 is 29.4 Å². The quantitative estimate of drug-likeness (QED) is 0.367. The molecule has 0 fully saturated rings. The number of ether oxygens (including phenoxy) is 1. The maximum absolute atomic E-state index is 12.0. The monoisotopic (exact) mass is 455 g/mol. The Morgan fingerprint density at radius 1 is 1.09 bits per heavy atom. The van der Waals surface area contributed by atoms with Crippen LogP contribution in [-0.4, -0.2) is 57.4 Å². The Bertz CT molecular complexity index is 975. The summed E-state index contributed by atoms with van der Waals surface area (Å²) in [6.45, 7) is 3.77. The fraction of sp³-hybridized carbons (Fsp3) is 0.360. The number of imide groups is 1. The number of benzene rings is 1. The summed E-state index contributed by atoms with van der Waals surface area (Å²) >= 11 is 0. The van der Waals surface area contributed by atoms with E-state index in [0.717, 1.165) is 23.5 Å². The van der Waals surface area contributed by atoms with Crippen molar-refractivity contribution in [2.75, 3.05) is 7.11 Å². The molecule has 2 aliphatic rings. The molecule has 1 heterocycles. The molecule has 0 saturated heterocycles. The Hall–Kier alpha value is -3.52. The average molecular weight is 456 g/mol. The zero-order valence-electron chi connectivity index (χ0n) is 19.0. The third kappa shape index (κ3) is 6.49. The molecule has 33 heavy (non-hydrogen) atoms. The van der Waals surface area contributed by atoms with Crippen molar-refractivity contribution >= 4 is 29.3 Å². The number of nitrogens with zero attached hydrogens (tertiary/aromatic N) is 1. The van der Waals surface area contributed by atoms with Crippen molar-refractivity contribution in [3.8, 4) is 0 Å². The minimum atomic E-state index is -1.13. The van der Waals surface area contributed by atoms with Crippen LogP contribution >= 0.6 is 0 Å². The van der Waals surface area contributed by atoms with Gasteiger partial charge in [-0.15, -0.1) is 0 Å². The van der Waals surface area contributed by atoms with Crippen molar-refractivity contribution in [2.45, 2.75) is 51.2 Å². The van der Waals surface area contributed by atoms with Crippen LogP contribution < -0.4 is 0 Å². The lowest BCUT2D eigenvalue weighted by Gasteiger charge is -2.27. The minimum Gasteiger partial charge on any atom is -0.507 e. The Morgan fingerprint density at radius 3 is 2.18 bits per heavy atom. The van der Waals surface area contributed by atoms with Crippen LogP contribution in [0.3, 0.4) is 0 Å². The number of ketones is 1. The van der Waals surface area contributed by atoms with Gasteiger partial charge in [0.05, 0.1) is 11.2 Å². The molecule has 1 aromatic rings. The van der Waals surface area contributed by atoms with E-state index in [2.05, 4.69) is 0 Å². The van der Waals surface area contributed by atoms with E-state index in [9.17, 15) is 24.3 Å². The van der Waals surface area contributed by atoms with E-state index in [0.29, 0.717) is 24.0 Å². The summed E-state index contributed by atoms with van der Waals surface area (Å²) < 4.78 is 5.27. The number of rotatable bonds is 7. The molecule has 0 bridgehead atoms. The molecule has 2 N–H and O–H groups in total. The Labute approximate surface area is 192 Å². The van der Waals surface area contributed by atoms with E-state index in [-0.39, 0.29) is 18.0 Å². The first kappa shape index (κ1) is 25.7. The summed E-state index contributed by atoms with van der Waals surface area (Å²) in [5.74, 6) is -2.29. The molecule has 8 heteroatoms. The summed E-state index contributed by atoms with van der Waals surface area (Å²) in [4.78, 5) is 46.2. The van der Waals surface area contributed by atoms with Crippen LogP contribution in [0, 0.1) is 0 Å². The van der Waals surface area contributed by atoms with Gasteiger partial charge in [-0.3, -0.25) is 19.3 Å². The lowest BCUT2D eigenvalue weighted by atomic mass is 9.87. The van der Waals surface area contributed by atoms with Crippen molar-refractivity contribution in [1.82, 2.24) is 4.90 Å².